The highest BCUT2D eigenvalue weighted by Gasteiger charge is 2.26. The van der Waals surface area contributed by atoms with Gasteiger partial charge in [-0.25, -0.2) is 4.79 Å². The number of Topliss-reactive ketones (excluding diaryl/α,β-unsaturated/α-hetero) is 1. The van der Waals surface area contributed by atoms with Crippen LogP contribution in [0.4, 0.5) is 0 Å². The number of quaternary nitrogens is 1. The lowest BCUT2D eigenvalue weighted by Crippen LogP contribution is -2.65. The third-order valence-electron chi connectivity index (χ3n) is 2.86. The van der Waals surface area contributed by atoms with Gasteiger partial charge in [-0.3, -0.25) is 4.79 Å². The van der Waals surface area contributed by atoms with Gasteiger partial charge in [0, 0.05) is 5.92 Å². The van der Waals surface area contributed by atoms with Gasteiger partial charge < -0.3 is 10.8 Å². The van der Waals surface area contributed by atoms with E-state index in [1.54, 1.807) is 0 Å². The Morgan fingerprint density at radius 1 is 1.29 bits per heavy atom. The number of carboxylic acids is 1. The molecule has 0 heterocycles. The molecule has 14 heavy (non-hydrogen) atoms. The van der Waals surface area contributed by atoms with Crippen LogP contribution >= 0.6 is 0 Å². The maximum absolute atomic E-state index is 11.6. The molecular weight excluding hydrogens is 182 g/mol. The summed E-state index contributed by atoms with van der Waals surface area (Å²) in [5, 5.41) is 8.61. The number of hydrogen-bond acceptors (Lipinski definition) is 2. The number of hydrogen-bond donors (Lipinski definition) is 2. The predicted octanol–water partition coefficient (Wildman–Crippen LogP) is 0.221. The second-order valence-electron chi connectivity index (χ2n) is 4.04. The fourth-order valence-corrected chi connectivity index (χ4v) is 1.92. The second kappa shape index (κ2) is 5.10. The molecule has 0 amide bonds. The van der Waals surface area contributed by atoms with Gasteiger partial charge in [0.05, 0.1) is 6.42 Å². The third kappa shape index (κ3) is 3.10. The van der Waals surface area contributed by atoms with E-state index in [1.807, 2.05) is 0 Å². The van der Waals surface area contributed by atoms with E-state index in [-0.39, 0.29) is 18.1 Å². The van der Waals surface area contributed by atoms with Crippen molar-refractivity contribution in [2.75, 3.05) is 0 Å². The Kier molecular flexibility index (Phi) is 4.07. The summed E-state index contributed by atoms with van der Waals surface area (Å²) in [5.41, 5.74) is 3.45. The van der Waals surface area contributed by atoms with Crippen LogP contribution in [0.5, 0.6) is 0 Å². The summed E-state index contributed by atoms with van der Waals surface area (Å²) in [7, 11) is 0. The molecule has 1 aliphatic carbocycles. The quantitative estimate of drug-likeness (QED) is 0.681. The predicted molar refractivity (Wildman–Crippen MR) is 50.5 cm³/mol. The van der Waals surface area contributed by atoms with E-state index in [2.05, 4.69) is 5.73 Å². The van der Waals surface area contributed by atoms with Crippen LogP contribution in [0.15, 0.2) is 0 Å². The third-order valence-corrected chi connectivity index (χ3v) is 2.86. The monoisotopic (exact) mass is 200 g/mol. The summed E-state index contributed by atoms with van der Waals surface area (Å²) in [6.07, 6.45) is 5.38. The molecule has 0 aromatic carbocycles. The van der Waals surface area contributed by atoms with Crippen molar-refractivity contribution in [2.45, 2.75) is 44.6 Å². The van der Waals surface area contributed by atoms with Crippen LogP contribution in [-0.4, -0.2) is 22.9 Å². The first kappa shape index (κ1) is 11.2. The van der Waals surface area contributed by atoms with Gasteiger partial charge in [-0.05, 0) is 12.8 Å². The molecule has 0 bridgehead atoms. The zero-order valence-electron chi connectivity index (χ0n) is 8.37. The van der Waals surface area contributed by atoms with Gasteiger partial charge in [0.25, 0.3) is 0 Å². The van der Waals surface area contributed by atoms with Crippen molar-refractivity contribution < 1.29 is 20.4 Å². The van der Waals surface area contributed by atoms with Gasteiger partial charge in [-0.2, -0.15) is 0 Å². The number of aliphatic carboxylic acids is 1. The fourth-order valence-electron chi connectivity index (χ4n) is 1.92. The normalized spacial score (nSPS) is 20.4. The Balaban J connectivity index is 2.36. The summed E-state index contributed by atoms with van der Waals surface area (Å²) in [6, 6.07) is -0.774. The molecule has 0 spiro atoms. The molecule has 4 heteroatoms. The number of carboxylic acid groups (broad SMARTS) is 1. The highest BCUT2D eigenvalue weighted by Crippen LogP contribution is 2.25. The van der Waals surface area contributed by atoms with Crippen LogP contribution in [-0.2, 0) is 9.59 Å². The summed E-state index contributed by atoms with van der Waals surface area (Å²) < 4.78 is 0. The van der Waals surface area contributed by atoms with Gasteiger partial charge >= 0.3 is 5.97 Å². The van der Waals surface area contributed by atoms with Crippen molar-refractivity contribution in [2.24, 2.45) is 5.92 Å². The van der Waals surface area contributed by atoms with Crippen LogP contribution in [0.25, 0.3) is 0 Å². The van der Waals surface area contributed by atoms with Crippen LogP contribution in [0.2, 0.25) is 0 Å². The number of rotatable bonds is 4. The first-order chi connectivity index (χ1) is 6.61. The van der Waals surface area contributed by atoms with Crippen molar-refractivity contribution in [1.29, 1.82) is 0 Å². The zero-order chi connectivity index (χ0) is 10.6. The molecule has 0 radical (unpaired) electrons. The molecule has 0 aliphatic heterocycles. The van der Waals surface area contributed by atoms with E-state index in [0.29, 0.717) is 0 Å². The first-order valence-corrected chi connectivity index (χ1v) is 5.20. The molecular formula is C10H18NO3+. The Morgan fingerprint density at radius 3 is 2.36 bits per heavy atom. The van der Waals surface area contributed by atoms with Gasteiger partial charge in [-0.1, -0.05) is 19.3 Å². The molecule has 80 valence electrons. The number of carbonyl (C=O) groups is 2. The van der Waals surface area contributed by atoms with E-state index in [1.165, 1.54) is 6.42 Å². The summed E-state index contributed by atoms with van der Waals surface area (Å²) in [5.74, 6) is -0.784. The molecule has 0 aromatic rings. The molecule has 4 nitrogen and oxygen atoms in total. The highest BCUT2D eigenvalue weighted by molar-refractivity contribution is 5.86. The molecule has 1 aliphatic rings. The van der Waals surface area contributed by atoms with Gasteiger partial charge in [0.2, 0.25) is 0 Å². The minimum absolute atomic E-state index is 0.0899. The van der Waals surface area contributed by atoms with Crippen molar-refractivity contribution in [1.82, 2.24) is 0 Å². The summed E-state index contributed by atoms with van der Waals surface area (Å²) in [4.78, 5) is 22.1. The van der Waals surface area contributed by atoms with E-state index in [9.17, 15) is 9.59 Å². The molecule has 1 rings (SSSR count). The van der Waals surface area contributed by atoms with E-state index < -0.39 is 12.0 Å². The van der Waals surface area contributed by atoms with Crippen LogP contribution in [0, 0.1) is 5.92 Å². The Labute approximate surface area is 83.5 Å². The van der Waals surface area contributed by atoms with E-state index >= 15 is 0 Å². The summed E-state index contributed by atoms with van der Waals surface area (Å²) >= 11 is 0. The van der Waals surface area contributed by atoms with Crippen LogP contribution in [0.1, 0.15) is 38.5 Å². The maximum Gasteiger partial charge on any atom is 0.362 e. The Bertz CT molecular complexity index is 221. The minimum atomic E-state index is -0.978. The Hall–Kier alpha value is -0.900. The zero-order valence-corrected chi connectivity index (χ0v) is 8.37. The van der Waals surface area contributed by atoms with E-state index in [4.69, 9.17) is 5.11 Å². The SMILES string of the molecule is [NH3+][C@H](CC(=O)C1CCCCC1)C(=O)O. The summed E-state index contributed by atoms with van der Waals surface area (Å²) in [6.45, 7) is 0. The lowest BCUT2D eigenvalue weighted by atomic mass is 9.84. The average Bonchev–Trinajstić information content (AvgIpc) is 2.19. The van der Waals surface area contributed by atoms with Crippen LogP contribution in [0.3, 0.4) is 0 Å². The van der Waals surface area contributed by atoms with Gasteiger partial charge in [-0.15, -0.1) is 0 Å². The highest BCUT2D eigenvalue weighted by atomic mass is 16.4. The molecule has 0 saturated heterocycles. The fraction of sp³-hybridized carbons (Fsp3) is 0.800. The minimum Gasteiger partial charge on any atom is -0.477 e. The van der Waals surface area contributed by atoms with E-state index in [0.717, 1.165) is 25.7 Å². The second-order valence-corrected chi connectivity index (χ2v) is 4.04. The van der Waals surface area contributed by atoms with Gasteiger partial charge in [0.15, 0.2) is 6.04 Å². The van der Waals surface area contributed by atoms with Crippen LogP contribution < -0.4 is 5.73 Å². The molecule has 4 N–H and O–H groups in total. The van der Waals surface area contributed by atoms with Gasteiger partial charge in [0.1, 0.15) is 5.78 Å². The van der Waals surface area contributed by atoms with Crippen molar-refractivity contribution in [3.05, 3.63) is 0 Å². The topological polar surface area (TPSA) is 82.0 Å². The Morgan fingerprint density at radius 2 is 1.86 bits per heavy atom. The largest absolute Gasteiger partial charge is 0.477 e. The number of ketones is 1. The lowest BCUT2D eigenvalue weighted by molar-refractivity contribution is -0.406. The maximum atomic E-state index is 11.6. The molecule has 0 unspecified atom stereocenters. The molecule has 1 saturated carbocycles. The first-order valence-electron chi connectivity index (χ1n) is 5.20. The smallest absolute Gasteiger partial charge is 0.362 e. The number of carbonyl (C=O) groups excluding carboxylic acids is 1. The lowest BCUT2D eigenvalue weighted by Gasteiger charge is -2.20. The molecule has 1 fully saturated rings. The van der Waals surface area contributed by atoms with Crippen molar-refractivity contribution in [3.63, 3.8) is 0 Å². The van der Waals surface area contributed by atoms with Crippen molar-refractivity contribution >= 4 is 11.8 Å². The molecule has 0 aromatic heterocycles. The standard InChI is InChI=1S/C10H17NO3/c11-8(10(13)14)6-9(12)7-4-2-1-3-5-7/h7-8H,1-6,11H2,(H,13,14)/p+1/t8-/m1/s1. The van der Waals surface area contributed by atoms with Crippen molar-refractivity contribution in [3.8, 4) is 0 Å². The average molecular weight is 200 g/mol. The molecule has 1 atom stereocenters.